The highest BCUT2D eigenvalue weighted by atomic mass is 35.5. The van der Waals surface area contributed by atoms with E-state index in [4.69, 9.17) is 23.2 Å². The van der Waals surface area contributed by atoms with Crippen LogP contribution in [0.25, 0.3) is 0 Å². The normalized spacial score (nSPS) is 9.62. The molecule has 0 N–H and O–H groups in total. The number of hydrogen-bond acceptors (Lipinski definition) is 0. The summed E-state index contributed by atoms with van der Waals surface area (Å²) >= 11 is 11.6. The van der Waals surface area contributed by atoms with Crippen molar-refractivity contribution in [1.82, 2.24) is 0 Å². The van der Waals surface area contributed by atoms with Crippen LogP contribution >= 0.6 is 23.2 Å². The Labute approximate surface area is 88.9 Å². The van der Waals surface area contributed by atoms with Crippen LogP contribution in [0.15, 0.2) is 18.2 Å². The lowest BCUT2D eigenvalue weighted by atomic mass is 10.2. The SMILES string of the molecule is CC(C)C#Cc1ccc(Cl)c(Cl)c1. The van der Waals surface area contributed by atoms with Gasteiger partial charge in [-0.15, -0.1) is 0 Å². The molecular formula is C11H10Cl2. The lowest BCUT2D eigenvalue weighted by molar-refractivity contribution is 0.866. The van der Waals surface area contributed by atoms with Gasteiger partial charge in [0.15, 0.2) is 0 Å². The Hall–Kier alpha value is -0.640. The third kappa shape index (κ3) is 3.30. The maximum Gasteiger partial charge on any atom is 0.0604 e. The van der Waals surface area contributed by atoms with Gasteiger partial charge in [-0.25, -0.2) is 0 Å². The van der Waals surface area contributed by atoms with E-state index in [0.29, 0.717) is 16.0 Å². The fourth-order valence-electron chi connectivity index (χ4n) is 0.802. The quantitative estimate of drug-likeness (QED) is 0.571. The molecule has 0 aliphatic carbocycles. The average Bonchev–Trinajstić information content (AvgIpc) is 2.07. The second-order valence-electron chi connectivity index (χ2n) is 3.05. The van der Waals surface area contributed by atoms with Gasteiger partial charge in [0, 0.05) is 11.5 Å². The molecule has 0 unspecified atom stereocenters. The van der Waals surface area contributed by atoms with Gasteiger partial charge in [0.05, 0.1) is 10.0 Å². The van der Waals surface area contributed by atoms with Crippen LogP contribution < -0.4 is 0 Å². The van der Waals surface area contributed by atoms with E-state index >= 15 is 0 Å². The molecule has 0 heterocycles. The number of hydrogen-bond donors (Lipinski definition) is 0. The van der Waals surface area contributed by atoms with Crippen molar-refractivity contribution in [3.63, 3.8) is 0 Å². The van der Waals surface area contributed by atoms with Gasteiger partial charge in [0.25, 0.3) is 0 Å². The molecule has 0 saturated heterocycles. The summed E-state index contributed by atoms with van der Waals surface area (Å²) in [4.78, 5) is 0. The molecule has 0 aliphatic heterocycles. The van der Waals surface area contributed by atoms with Crippen LogP contribution in [0.4, 0.5) is 0 Å². The van der Waals surface area contributed by atoms with Gasteiger partial charge in [-0.2, -0.15) is 0 Å². The molecule has 0 fully saturated rings. The number of benzene rings is 1. The molecule has 0 saturated carbocycles. The van der Waals surface area contributed by atoms with Crippen LogP contribution in [0, 0.1) is 17.8 Å². The maximum atomic E-state index is 5.83. The van der Waals surface area contributed by atoms with Gasteiger partial charge in [-0.05, 0) is 18.2 Å². The molecule has 0 amide bonds. The highest BCUT2D eigenvalue weighted by Gasteiger charge is 1.96. The van der Waals surface area contributed by atoms with Crippen molar-refractivity contribution < 1.29 is 0 Å². The van der Waals surface area contributed by atoms with E-state index in [2.05, 4.69) is 11.8 Å². The summed E-state index contributed by atoms with van der Waals surface area (Å²) in [5.74, 6) is 6.45. The molecule has 0 radical (unpaired) electrons. The largest absolute Gasteiger partial charge is 0.0951 e. The Kier molecular flexibility index (Phi) is 3.66. The van der Waals surface area contributed by atoms with E-state index in [9.17, 15) is 0 Å². The molecule has 1 aromatic carbocycles. The summed E-state index contributed by atoms with van der Waals surface area (Å²) < 4.78 is 0. The second-order valence-corrected chi connectivity index (χ2v) is 3.87. The van der Waals surface area contributed by atoms with E-state index in [1.165, 1.54) is 0 Å². The maximum absolute atomic E-state index is 5.83. The van der Waals surface area contributed by atoms with E-state index in [0.717, 1.165) is 5.56 Å². The van der Waals surface area contributed by atoms with E-state index in [-0.39, 0.29) is 0 Å². The summed E-state index contributed by atoms with van der Waals surface area (Å²) in [6.45, 7) is 4.09. The topological polar surface area (TPSA) is 0 Å². The average molecular weight is 213 g/mol. The van der Waals surface area contributed by atoms with Gasteiger partial charge in [-0.1, -0.05) is 48.9 Å². The highest BCUT2D eigenvalue weighted by Crippen LogP contribution is 2.22. The van der Waals surface area contributed by atoms with Crippen molar-refractivity contribution in [2.75, 3.05) is 0 Å². The molecule has 0 nitrogen and oxygen atoms in total. The second kappa shape index (κ2) is 4.56. The molecule has 68 valence electrons. The molecule has 1 rings (SSSR count). The minimum atomic E-state index is 0.370. The summed E-state index contributed by atoms with van der Waals surface area (Å²) in [6.07, 6.45) is 0. The fourth-order valence-corrected chi connectivity index (χ4v) is 1.10. The highest BCUT2D eigenvalue weighted by molar-refractivity contribution is 6.42. The molecule has 0 atom stereocenters. The Morgan fingerprint density at radius 3 is 2.38 bits per heavy atom. The Morgan fingerprint density at radius 2 is 1.85 bits per heavy atom. The monoisotopic (exact) mass is 212 g/mol. The van der Waals surface area contributed by atoms with Crippen molar-refractivity contribution in [3.8, 4) is 11.8 Å². The van der Waals surface area contributed by atoms with Crippen LogP contribution in [0.2, 0.25) is 10.0 Å². The Balaban J connectivity index is 2.94. The molecule has 2 heteroatoms. The van der Waals surface area contributed by atoms with Gasteiger partial charge in [-0.3, -0.25) is 0 Å². The van der Waals surface area contributed by atoms with Crippen LogP contribution in [0.3, 0.4) is 0 Å². The third-order valence-electron chi connectivity index (χ3n) is 1.42. The molecule has 13 heavy (non-hydrogen) atoms. The minimum Gasteiger partial charge on any atom is -0.0951 e. The lowest BCUT2D eigenvalue weighted by Crippen LogP contribution is -1.80. The van der Waals surface area contributed by atoms with Crippen LogP contribution in [-0.2, 0) is 0 Å². The first-order chi connectivity index (χ1) is 6.09. The first-order valence-corrected chi connectivity index (χ1v) is 4.82. The van der Waals surface area contributed by atoms with Crippen molar-refractivity contribution in [2.24, 2.45) is 5.92 Å². The van der Waals surface area contributed by atoms with Crippen molar-refractivity contribution in [3.05, 3.63) is 33.8 Å². The van der Waals surface area contributed by atoms with Gasteiger partial charge < -0.3 is 0 Å². The first-order valence-electron chi connectivity index (χ1n) is 4.06. The van der Waals surface area contributed by atoms with Gasteiger partial charge >= 0.3 is 0 Å². The van der Waals surface area contributed by atoms with Crippen molar-refractivity contribution in [1.29, 1.82) is 0 Å². The molecule has 0 aliphatic rings. The zero-order chi connectivity index (χ0) is 9.84. The summed E-state index contributed by atoms with van der Waals surface area (Å²) in [6, 6.07) is 5.40. The lowest BCUT2D eigenvalue weighted by Gasteiger charge is -1.95. The zero-order valence-corrected chi connectivity index (χ0v) is 9.08. The summed E-state index contributed by atoms with van der Waals surface area (Å²) in [7, 11) is 0. The molecule has 0 spiro atoms. The van der Waals surface area contributed by atoms with Gasteiger partial charge in [0.1, 0.15) is 0 Å². The third-order valence-corrected chi connectivity index (χ3v) is 2.16. The predicted molar refractivity (Wildman–Crippen MR) is 58.2 cm³/mol. The Bertz CT molecular complexity index is 356. The van der Waals surface area contributed by atoms with Crippen molar-refractivity contribution >= 4 is 23.2 Å². The molecule has 1 aromatic rings. The van der Waals surface area contributed by atoms with E-state index in [1.807, 2.05) is 19.9 Å². The minimum absolute atomic E-state index is 0.370. The van der Waals surface area contributed by atoms with Gasteiger partial charge in [0.2, 0.25) is 0 Å². The van der Waals surface area contributed by atoms with Crippen LogP contribution in [0.5, 0.6) is 0 Å². The molecule has 0 bridgehead atoms. The number of rotatable bonds is 0. The predicted octanol–water partition coefficient (Wildman–Crippen LogP) is 4.00. The summed E-state index contributed by atoms with van der Waals surface area (Å²) in [5.41, 5.74) is 0.906. The number of halogens is 2. The molecular weight excluding hydrogens is 203 g/mol. The zero-order valence-electron chi connectivity index (χ0n) is 7.57. The smallest absolute Gasteiger partial charge is 0.0604 e. The summed E-state index contributed by atoms with van der Waals surface area (Å²) in [5, 5.41) is 1.12. The fraction of sp³-hybridized carbons (Fsp3) is 0.273. The van der Waals surface area contributed by atoms with Crippen molar-refractivity contribution in [2.45, 2.75) is 13.8 Å². The molecule has 0 aromatic heterocycles. The van der Waals surface area contributed by atoms with E-state index in [1.54, 1.807) is 12.1 Å². The Morgan fingerprint density at radius 1 is 1.15 bits per heavy atom. The van der Waals surface area contributed by atoms with Crippen LogP contribution in [-0.4, -0.2) is 0 Å². The standard InChI is InChI=1S/C11H10Cl2/c1-8(2)3-4-9-5-6-10(12)11(13)7-9/h5-8H,1-2H3. The first kappa shape index (κ1) is 10.4. The van der Waals surface area contributed by atoms with E-state index < -0.39 is 0 Å². The van der Waals surface area contributed by atoms with Crippen LogP contribution in [0.1, 0.15) is 19.4 Å².